The van der Waals surface area contributed by atoms with E-state index in [1.54, 1.807) is 28.4 Å². The smallest absolute Gasteiger partial charge is 0.126 e. The predicted octanol–water partition coefficient (Wildman–Crippen LogP) is 10.9. The van der Waals surface area contributed by atoms with Crippen LogP contribution < -0.4 is 29.6 Å². The molecule has 0 unspecified atom stereocenters. The van der Waals surface area contributed by atoms with E-state index in [-0.39, 0.29) is 21.7 Å². The molecule has 0 radical (unpaired) electrons. The summed E-state index contributed by atoms with van der Waals surface area (Å²) in [7, 11) is 7.52. The molecule has 4 nitrogen and oxygen atoms in total. The Labute approximate surface area is 299 Å². The van der Waals surface area contributed by atoms with Gasteiger partial charge in [0.25, 0.3) is 0 Å². The van der Waals surface area contributed by atoms with Gasteiger partial charge >= 0.3 is 0 Å². The Kier molecular flexibility index (Phi) is 12.7. The van der Waals surface area contributed by atoms with Gasteiger partial charge < -0.3 is 18.9 Å². The Bertz CT molecular complexity index is 1510. The normalized spacial score (nSPS) is 12.2. The third-order valence-corrected chi connectivity index (χ3v) is 9.77. The molecule has 0 atom stereocenters. The maximum Gasteiger partial charge on any atom is 0.126 e. The van der Waals surface area contributed by atoms with Gasteiger partial charge in [-0.05, 0) is 68.7 Å². The summed E-state index contributed by atoms with van der Waals surface area (Å²) in [5.74, 6) is 3.77. The largest absolute Gasteiger partial charge is 0.496 e. The van der Waals surface area contributed by atoms with Crippen LogP contribution in [0.25, 0.3) is 11.1 Å². The van der Waals surface area contributed by atoms with Crippen molar-refractivity contribution >= 4 is 19.2 Å². The quantitative estimate of drug-likeness (QED) is 0.182. The number of hydrogen-bond acceptors (Lipinski definition) is 4. The summed E-state index contributed by atoms with van der Waals surface area (Å²) in [6.07, 6.45) is 0. The highest BCUT2D eigenvalue weighted by Crippen LogP contribution is 2.42. The Hall–Kier alpha value is -3.49. The second kappa shape index (κ2) is 15.6. The third kappa shape index (κ3) is 9.82. The van der Waals surface area contributed by atoms with E-state index in [9.17, 15) is 0 Å². The van der Waals surface area contributed by atoms with Gasteiger partial charge in [-0.2, -0.15) is 0 Å². The first kappa shape index (κ1) is 39.9. The molecule has 49 heavy (non-hydrogen) atoms. The van der Waals surface area contributed by atoms with Crippen molar-refractivity contribution in [2.24, 2.45) is 0 Å². The van der Waals surface area contributed by atoms with Crippen LogP contribution in [0.5, 0.6) is 23.0 Å². The molecule has 0 fully saturated rings. The van der Waals surface area contributed by atoms with Gasteiger partial charge in [0, 0.05) is 33.4 Å². The van der Waals surface area contributed by atoms with Gasteiger partial charge in [0.1, 0.15) is 23.0 Å². The van der Waals surface area contributed by atoms with E-state index in [2.05, 4.69) is 107 Å². The molecule has 5 heteroatoms. The molecule has 0 amide bonds. The molecule has 0 saturated heterocycles. The number of rotatable bonds is 7. The summed E-state index contributed by atoms with van der Waals surface area (Å²) in [4.78, 5) is 0. The van der Waals surface area contributed by atoms with Crippen molar-refractivity contribution in [1.82, 2.24) is 0 Å². The molecule has 4 aromatic carbocycles. The first-order valence-electron chi connectivity index (χ1n) is 17.2. The molecule has 0 aromatic heterocycles. The molecule has 0 N–H and O–H groups in total. The van der Waals surface area contributed by atoms with E-state index in [4.69, 9.17) is 18.9 Å². The predicted molar refractivity (Wildman–Crippen MR) is 213 cm³/mol. The van der Waals surface area contributed by atoms with Crippen LogP contribution in [0.1, 0.15) is 105 Å². The molecular weight excluding hydrogens is 623 g/mol. The van der Waals surface area contributed by atoms with Crippen LogP contribution in [-0.2, 0) is 21.7 Å². The molecule has 0 aliphatic carbocycles. The van der Waals surface area contributed by atoms with E-state index in [0.29, 0.717) is 8.58 Å². The lowest BCUT2D eigenvalue weighted by Crippen LogP contribution is -2.24. The van der Waals surface area contributed by atoms with Gasteiger partial charge in [-0.3, -0.25) is 0 Å². The number of para-hydroxylation sites is 2. The highest BCUT2D eigenvalue weighted by molar-refractivity contribution is 7.55. The molecular formula is C44H61O4P. The maximum absolute atomic E-state index is 5.98. The number of ether oxygens (including phenoxy) is 4. The Morgan fingerprint density at radius 2 is 0.653 bits per heavy atom. The number of hydrogen-bond donors (Lipinski definition) is 0. The van der Waals surface area contributed by atoms with Crippen LogP contribution in [0.4, 0.5) is 0 Å². The lowest BCUT2D eigenvalue weighted by Gasteiger charge is -2.31. The van der Waals surface area contributed by atoms with Crippen molar-refractivity contribution in [1.29, 1.82) is 0 Å². The highest BCUT2D eigenvalue weighted by Gasteiger charge is 2.30. The molecule has 0 aliphatic heterocycles. The van der Waals surface area contributed by atoms with Crippen LogP contribution >= 0.6 is 8.58 Å². The minimum Gasteiger partial charge on any atom is -0.496 e. The van der Waals surface area contributed by atoms with Gasteiger partial charge in [-0.1, -0.05) is 128 Å². The lowest BCUT2D eigenvalue weighted by molar-refractivity contribution is 0.381. The molecule has 0 saturated carbocycles. The van der Waals surface area contributed by atoms with Gasteiger partial charge in [0.2, 0.25) is 0 Å². The van der Waals surface area contributed by atoms with Gasteiger partial charge in [-0.25, -0.2) is 0 Å². The second-order valence-electron chi connectivity index (χ2n) is 16.7. The van der Waals surface area contributed by atoms with Gasteiger partial charge in [0.15, 0.2) is 0 Å². The minimum atomic E-state index is -0.00111. The van der Waals surface area contributed by atoms with Crippen molar-refractivity contribution in [3.8, 4) is 34.1 Å². The monoisotopic (exact) mass is 684 g/mol. The zero-order chi connectivity index (χ0) is 36.9. The van der Waals surface area contributed by atoms with Crippen molar-refractivity contribution in [3.63, 3.8) is 0 Å². The molecule has 4 aromatic rings. The van der Waals surface area contributed by atoms with E-state index in [1.807, 2.05) is 48.5 Å². The second-order valence-corrected chi connectivity index (χ2v) is 18.1. The van der Waals surface area contributed by atoms with Crippen LogP contribution in [-0.4, -0.2) is 28.4 Å². The van der Waals surface area contributed by atoms with Crippen molar-refractivity contribution < 1.29 is 18.9 Å². The van der Waals surface area contributed by atoms with Gasteiger partial charge in [0.05, 0.1) is 28.4 Å². The van der Waals surface area contributed by atoms with Crippen LogP contribution in [0.3, 0.4) is 0 Å². The number of benzene rings is 4. The van der Waals surface area contributed by atoms with Crippen molar-refractivity contribution in [2.75, 3.05) is 28.4 Å². The SMILES string of the molecule is COc1c(C(C)(C)C)cc(Pc2cc(C(C)(C)C)c(OC)c(C(C)(C)C)c2)cc1C(C)(C)C.COc1ccccc1-c1ccccc1OC. The summed E-state index contributed by atoms with van der Waals surface area (Å²) in [5, 5.41) is 2.71. The molecule has 0 spiro atoms. The molecule has 266 valence electrons. The third-order valence-electron chi connectivity index (χ3n) is 8.61. The molecule has 0 bridgehead atoms. The zero-order valence-electron chi connectivity index (χ0n) is 33.1. The lowest BCUT2D eigenvalue weighted by atomic mass is 9.79. The van der Waals surface area contributed by atoms with E-state index >= 15 is 0 Å². The Balaban J connectivity index is 0.000000337. The van der Waals surface area contributed by atoms with Crippen molar-refractivity contribution in [2.45, 2.75) is 105 Å². The van der Waals surface area contributed by atoms with Crippen LogP contribution in [0.2, 0.25) is 0 Å². The van der Waals surface area contributed by atoms with E-state index in [1.165, 1.54) is 32.9 Å². The number of methoxy groups -OCH3 is 4. The van der Waals surface area contributed by atoms with E-state index in [0.717, 1.165) is 34.1 Å². The van der Waals surface area contributed by atoms with E-state index < -0.39 is 0 Å². The topological polar surface area (TPSA) is 36.9 Å². The molecule has 4 rings (SSSR count). The fraction of sp³-hybridized carbons (Fsp3) is 0.455. The summed E-state index contributed by atoms with van der Waals surface area (Å²) in [5.41, 5.74) is 7.20. The first-order chi connectivity index (χ1) is 22.7. The Morgan fingerprint density at radius 1 is 0.388 bits per heavy atom. The van der Waals surface area contributed by atoms with Crippen molar-refractivity contribution in [3.05, 3.63) is 95.1 Å². The minimum absolute atomic E-state index is 0.00111. The summed E-state index contributed by atoms with van der Waals surface area (Å²) in [6.45, 7) is 27.2. The average molecular weight is 685 g/mol. The van der Waals surface area contributed by atoms with Crippen LogP contribution in [0, 0.1) is 0 Å². The standard InChI is InChI=1S/C30H47O2P.C14H14O2/c1-27(2,3)21-15-19(16-22(25(21)31-13)28(4,5)6)33-20-17-23(29(7,8)9)26(32-14)24(18-20)30(10,11)12;1-15-13-9-5-3-7-11(13)12-8-4-6-10-14(12)16-2/h15-18,33H,1-14H3;3-10H,1-2H3. The average Bonchev–Trinajstić information content (AvgIpc) is 3.02. The highest BCUT2D eigenvalue weighted by atomic mass is 31.1. The first-order valence-corrected chi connectivity index (χ1v) is 18.2. The molecule has 0 heterocycles. The summed E-state index contributed by atoms with van der Waals surface area (Å²) < 4.78 is 22.6. The molecule has 0 aliphatic rings. The fourth-order valence-electron chi connectivity index (χ4n) is 5.97. The zero-order valence-corrected chi connectivity index (χ0v) is 34.1. The summed E-state index contributed by atoms with van der Waals surface area (Å²) in [6, 6.07) is 25.3. The summed E-state index contributed by atoms with van der Waals surface area (Å²) >= 11 is 0. The van der Waals surface area contributed by atoms with Crippen LogP contribution in [0.15, 0.2) is 72.8 Å². The van der Waals surface area contributed by atoms with Gasteiger partial charge in [-0.15, -0.1) is 0 Å². The Morgan fingerprint density at radius 3 is 0.878 bits per heavy atom. The fourth-order valence-corrected chi connectivity index (χ4v) is 7.17. The maximum atomic E-state index is 5.98.